The van der Waals surface area contributed by atoms with Crippen molar-refractivity contribution in [2.75, 3.05) is 13.2 Å². The molecule has 0 aliphatic carbocycles. The monoisotopic (exact) mass is 302 g/mol. The molecule has 6 heteroatoms. The van der Waals surface area contributed by atoms with E-state index in [9.17, 15) is 0 Å². The van der Waals surface area contributed by atoms with Gasteiger partial charge in [0.15, 0.2) is 5.11 Å². The lowest BCUT2D eigenvalue weighted by molar-refractivity contribution is 0.114. The number of aromatic nitrogens is 1. The molecular formula is C15H18N4OS. The molecule has 1 saturated heterocycles. The molecule has 2 heterocycles. The van der Waals surface area contributed by atoms with Crippen molar-refractivity contribution in [2.24, 2.45) is 5.10 Å². The second-order valence-electron chi connectivity index (χ2n) is 5.00. The number of hydrogen-bond donors (Lipinski definition) is 3. The Morgan fingerprint density at radius 1 is 1.48 bits per heavy atom. The number of fused-ring (bicyclic) bond motifs is 1. The molecular weight excluding hydrogens is 284 g/mol. The zero-order valence-corrected chi connectivity index (χ0v) is 12.5. The normalized spacial score (nSPS) is 18.4. The van der Waals surface area contributed by atoms with Crippen molar-refractivity contribution in [3.8, 4) is 0 Å². The van der Waals surface area contributed by atoms with Crippen molar-refractivity contribution in [3.63, 3.8) is 0 Å². The lowest BCUT2D eigenvalue weighted by atomic mass is 10.2. The third-order valence-corrected chi connectivity index (χ3v) is 3.74. The number of thiocarbonyl (C=S) groups is 1. The number of rotatable bonds is 4. The van der Waals surface area contributed by atoms with Crippen molar-refractivity contribution in [2.45, 2.75) is 18.9 Å². The quantitative estimate of drug-likeness (QED) is 0.460. The minimum Gasteiger partial charge on any atom is -0.376 e. The summed E-state index contributed by atoms with van der Waals surface area (Å²) < 4.78 is 5.52. The highest BCUT2D eigenvalue weighted by Gasteiger charge is 2.14. The second kappa shape index (κ2) is 6.69. The molecule has 5 nitrogen and oxygen atoms in total. The van der Waals surface area contributed by atoms with E-state index in [-0.39, 0.29) is 6.10 Å². The number of ether oxygens (including phenoxy) is 1. The highest BCUT2D eigenvalue weighted by molar-refractivity contribution is 7.80. The minimum absolute atomic E-state index is 0.266. The molecule has 0 bridgehead atoms. The number of aromatic amines is 1. The second-order valence-corrected chi connectivity index (χ2v) is 5.41. The summed E-state index contributed by atoms with van der Waals surface area (Å²) in [5.74, 6) is 0. The van der Waals surface area contributed by atoms with Crippen molar-refractivity contribution in [3.05, 3.63) is 36.0 Å². The van der Waals surface area contributed by atoms with E-state index in [0.29, 0.717) is 5.11 Å². The zero-order valence-electron chi connectivity index (χ0n) is 11.6. The predicted octanol–water partition coefficient (Wildman–Crippen LogP) is 2.14. The molecule has 0 spiro atoms. The average Bonchev–Trinajstić information content (AvgIpc) is 3.15. The molecule has 1 atom stereocenters. The molecule has 0 unspecified atom stereocenters. The van der Waals surface area contributed by atoms with Crippen LogP contribution in [0.15, 0.2) is 35.6 Å². The molecule has 1 fully saturated rings. The molecule has 0 radical (unpaired) electrons. The number of hydrazone groups is 1. The molecule has 21 heavy (non-hydrogen) atoms. The van der Waals surface area contributed by atoms with Gasteiger partial charge in [-0.15, -0.1) is 0 Å². The van der Waals surface area contributed by atoms with E-state index in [1.54, 1.807) is 6.21 Å². The Hall–Kier alpha value is -1.92. The van der Waals surface area contributed by atoms with Gasteiger partial charge in [-0.2, -0.15) is 5.10 Å². The first-order valence-corrected chi connectivity index (χ1v) is 7.48. The largest absolute Gasteiger partial charge is 0.376 e. The molecule has 1 aromatic carbocycles. The van der Waals surface area contributed by atoms with Crippen LogP contribution in [0.1, 0.15) is 18.4 Å². The van der Waals surface area contributed by atoms with E-state index in [2.05, 4.69) is 26.9 Å². The van der Waals surface area contributed by atoms with Gasteiger partial charge in [-0.05, 0) is 31.1 Å². The molecule has 2 aromatic rings. The summed E-state index contributed by atoms with van der Waals surface area (Å²) in [6.45, 7) is 1.58. The van der Waals surface area contributed by atoms with Crippen LogP contribution in [0.3, 0.4) is 0 Å². The summed E-state index contributed by atoms with van der Waals surface area (Å²) in [6, 6.07) is 8.10. The summed E-state index contributed by atoms with van der Waals surface area (Å²) in [5, 5.41) is 8.94. The molecule has 1 aliphatic rings. The Bertz CT molecular complexity index is 646. The van der Waals surface area contributed by atoms with Gasteiger partial charge < -0.3 is 15.0 Å². The Morgan fingerprint density at radius 3 is 3.24 bits per heavy atom. The first kappa shape index (κ1) is 14.0. The summed E-state index contributed by atoms with van der Waals surface area (Å²) in [4.78, 5) is 3.20. The third kappa shape index (κ3) is 3.59. The maximum atomic E-state index is 5.52. The van der Waals surface area contributed by atoms with Gasteiger partial charge >= 0.3 is 0 Å². The third-order valence-electron chi connectivity index (χ3n) is 3.51. The van der Waals surface area contributed by atoms with Crippen LogP contribution in [-0.2, 0) is 4.74 Å². The lowest BCUT2D eigenvalue weighted by Crippen LogP contribution is -2.37. The zero-order chi connectivity index (χ0) is 14.5. The number of H-pyrrole nitrogens is 1. The van der Waals surface area contributed by atoms with Gasteiger partial charge in [-0.3, -0.25) is 5.43 Å². The maximum absolute atomic E-state index is 5.52. The van der Waals surface area contributed by atoms with Crippen molar-refractivity contribution in [1.29, 1.82) is 0 Å². The minimum atomic E-state index is 0.266. The van der Waals surface area contributed by atoms with E-state index in [1.165, 1.54) is 0 Å². The van der Waals surface area contributed by atoms with Crippen molar-refractivity contribution in [1.82, 2.24) is 15.7 Å². The summed E-state index contributed by atoms with van der Waals surface area (Å²) in [6.07, 6.45) is 6.18. The van der Waals surface area contributed by atoms with Gasteiger partial charge in [0.25, 0.3) is 0 Å². The predicted molar refractivity (Wildman–Crippen MR) is 88.6 cm³/mol. The number of hydrogen-bond acceptors (Lipinski definition) is 3. The topological polar surface area (TPSA) is 61.4 Å². The molecule has 3 N–H and O–H groups in total. The summed E-state index contributed by atoms with van der Waals surface area (Å²) in [7, 11) is 0. The van der Waals surface area contributed by atoms with Crippen LogP contribution in [0.5, 0.6) is 0 Å². The standard InChI is InChI=1S/C15H18N4OS/c21-15(17-10-12-4-3-7-20-12)19-18-9-11-8-16-14-6-2-1-5-13(11)14/h1-2,5-6,8-9,12,16H,3-4,7,10H2,(H2,17,19,21)/b18-9+/t12-/m0/s1. The van der Waals surface area contributed by atoms with E-state index in [4.69, 9.17) is 17.0 Å². The smallest absolute Gasteiger partial charge is 0.187 e. The summed E-state index contributed by atoms with van der Waals surface area (Å²) >= 11 is 5.18. The van der Waals surface area contributed by atoms with Gasteiger partial charge in [0, 0.05) is 35.8 Å². The molecule has 110 valence electrons. The Labute approximate surface area is 128 Å². The van der Waals surface area contributed by atoms with E-state index >= 15 is 0 Å². The van der Waals surface area contributed by atoms with Gasteiger partial charge in [0.05, 0.1) is 12.3 Å². The first-order valence-electron chi connectivity index (χ1n) is 7.07. The van der Waals surface area contributed by atoms with Crippen LogP contribution in [-0.4, -0.2) is 35.6 Å². The Balaban J connectivity index is 1.50. The maximum Gasteiger partial charge on any atom is 0.187 e. The van der Waals surface area contributed by atoms with E-state index in [1.807, 2.05) is 24.4 Å². The number of nitrogens with one attached hydrogen (secondary N) is 3. The van der Waals surface area contributed by atoms with E-state index < -0.39 is 0 Å². The van der Waals surface area contributed by atoms with Crippen LogP contribution in [0, 0.1) is 0 Å². The van der Waals surface area contributed by atoms with Crippen LogP contribution in [0.4, 0.5) is 0 Å². The fraction of sp³-hybridized carbons (Fsp3) is 0.333. The molecule has 0 saturated carbocycles. The van der Waals surface area contributed by atoms with Crippen LogP contribution in [0.2, 0.25) is 0 Å². The number of para-hydroxylation sites is 1. The lowest BCUT2D eigenvalue weighted by Gasteiger charge is -2.11. The highest BCUT2D eigenvalue weighted by Crippen LogP contribution is 2.15. The molecule has 1 aliphatic heterocycles. The number of nitrogens with zero attached hydrogens (tertiary/aromatic N) is 1. The van der Waals surface area contributed by atoms with Crippen LogP contribution < -0.4 is 10.7 Å². The fourth-order valence-electron chi connectivity index (χ4n) is 2.41. The van der Waals surface area contributed by atoms with Gasteiger partial charge in [-0.1, -0.05) is 18.2 Å². The van der Waals surface area contributed by atoms with Crippen molar-refractivity contribution < 1.29 is 4.74 Å². The average molecular weight is 302 g/mol. The highest BCUT2D eigenvalue weighted by atomic mass is 32.1. The Kier molecular flexibility index (Phi) is 4.47. The molecule has 3 rings (SSSR count). The molecule has 1 aromatic heterocycles. The summed E-state index contributed by atoms with van der Waals surface area (Å²) in [5.41, 5.74) is 4.95. The SMILES string of the molecule is S=C(NC[C@@H]1CCCO1)N/N=C/c1c[nH]c2ccccc12. The van der Waals surface area contributed by atoms with Gasteiger partial charge in [0.2, 0.25) is 0 Å². The molecule has 0 amide bonds. The fourth-order valence-corrected chi connectivity index (χ4v) is 2.55. The Morgan fingerprint density at radius 2 is 2.38 bits per heavy atom. The first-order chi connectivity index (χ1) is 10.3. The van der Waals surface area contributed by atoms with Gasteiger partial charge in [0.1, 0.15) is 0 Å². The van der Waals surface area contributed by atoms with E-state index in [0.717, 1.165) is 42.5 Å². The van der Waals surface area contributed by atoms with Crippen LogP contribution >= 0.6 is 12.2 Å². The number of benzene rings is 1. The van der Waals surface area contributed by atoms with Crippen LogP contribution in [0.25, 0.3) is 10.9 Å². The van der Waals surface area contributed by atoms with Crippen molar-refractivity contribution >= 4 is 34.4 Å². The van der Waals surface area contributed by atoms with Gasteiger partial charge in [-0.25, -0.2) is 0 Å².